The topological polar surface area (TPSA) is 32.9 Å². The van der Waals surface area contributed by atoms with E-state index in [1.165, 1.54) is 0 Å². The molecular formula is C9H12ClNO. The maximum Gasteiger partial charge on any atom is 0.180 e. The van der Waals surface area contributed by atoms with Gasteiger partial charge in [-0.3, -0.25) is 4.79 Å². The van der Waals surface area contributed by atoms with Gasteiger partial charge >= 0.3 is 0 Å². The van der Waals surface area contributed by atoms with Crippen molar-refractivity contribution in [3.05, 3.63) is 23.0 Å². The lowest BCUT2D eigenvalue weighted by atomic mass is 10.1. The molecule has 0 saturated carbocycles. The zero-order valence-corrected chi connectivity index (χ0v) is 8.03. The van der Waals surface area contributed by atoms with E-state index in [1.54, 1.807) is 0 Å². The van der Waals surface area contributed by atoms with E-state index in [2.05, 4.69) is 4.98 Å². The quantitative estimate of drug-likeness (QED) is 0.570. The van der Waals surface area contributed by atoms with E-state index in [0.29, 0.717) is 18.0 Å². The van der Waals surface area contributed by atoms with Gasteiger partial charge in [-0.2, -0.15) is 0 Å². The summed E-state index contributed by atoms with van der Waals surface area (Å²) in [4.78, 5) is 14.4. The standard InChI is InChI=1S/C9H12ClNO/c1-6-5-7(2)11-9(6)8(12)3-4-10/h5,11H,3-4H2,1-2H3. The summed E-state index contributed by atoms with van der Waals surface area (Å²) in [7, 11) is 0. The van der Waals surface area contributed by atoms with Gasteiger partial charge < -0.3 is 4.98 Å². The molecule has 0 bridgehead atoms. The summed E-state index contributed by atoms with van der Waals surface area (Å²) in [6, 6.07) is 1.96. The average molecular weight is 186 g/mol. The Kier molecular flexibility index (Phi) is 2.93. The van der Waals surface area contributed by atoms with Gasteiger partial charge in [-0.15, -0.1) is 11.6 Å². The van der Waals surface area contributed by atoms with Crippen molar-refractivity contribution < 1.29 is 4.79 Å². The summed E-state index contributed by atoms with van der Waals surface area (Å²) < 4.78 is 0. The van der Waals surface area contributed by atoms with Crippen LogP contribution in [0.3, 0.4) is 0 Å². The van der Waals surface area contributed by atoms with Crippen molar-refractivity contribution in [2.75, 3.05) is 5.88 Å². The van der Waals surface area contributed by atoms with Crippen molar-refractivity contribution in [1.82, 2.24) is 4.98 Å². The number of alkyl halides is 1. The summed E-state index contributed by atoms with van der Waals surface area (Å²) in [6.45, 7) is 3.86. The number of Topliss-reactive ketones (excluding diaryl/α,β-unsaturated/α-hetero) is 1. The molecule has 0 aliphatic heterocycles. The second-order valence-electron chi connectivity index (χ2n) is 2.87. The van der Waals surface area contributed by atoms with Crippen LogP contribution in [0.1, 0.15) is 28.2 Å². The second-order valence-corrected chi connectivity index (χ2v) is 3.25. The fourth-order valence-corrected chi connectivity index (χ4v) is 1.40. The van der Waals surface area contributed by atoms with Crippen molar-refractivity contribution in [2.45, 2.75) is 20.3 Å². The van der Waals surface area contributed by atoms with Crippen molar-refractivity contribution in [1.29, 1.82) is 0 Å². The second kappa shape index (κ2) is 3.76. The summed E-state index contributed by atoms with van der Waals surface area (Å²) in [6.07, 6.45) is 0.405. The van der Waals surface area contributed by atoms with Crippen LogP contribution in [0.25, 0.3) is 0 Å². The molecule has 1 N–H and O–H groups in total. The third-order valence-electron chi connectivity index (χ3n) is 1.75. The van der Waals surface area contributed by atoms with Gasteiger partial charge in [0.05, 0.1) is 5.69 Å². The largest absolute Gasteiger partial charge is 0.356 e. The van der Waals surface area contributed by atoms with Crippen LogP contribution in [-0.4, -0.2) is 16.6 Å². The zero-order chi connectivity index (χ0) is 9.14. The molecule has 0 atom stereocenters. The lowest BCUT2D eigenvalue weighted by Crippen LogP contribution is -2.01. The monoisotopic (exact) mass is 185 g/mol. The molecule has 0 aromatic carbocycles. The number of aromatic nitrogens is 1. The third-order valence-corrected chi connectivity index (χ3v) is 1.94. The minimum absolute atomic E-state index is 0.0931. The first-order valence-electron chi connectivity index (χ1n) is 3.90. The molecule has 0 aliphatic rings. The Hall–Kier alpha value is -0.760. The molecule has 0 spiro atoms. The maximum atomic E-state index is 11.4. The number of aromatic amines is 1. The number of nitrogens with one attached hydrogen (secondary N) is 1. The molecule has 3 heteroatoms. The van der Waals surface area contributed by atoms with Gasteiger partial charge in [0.2, 0.25) is 0 Å². The first-order valence-corrected chi connectivity index (χ1v) is 4.44. The van der Waals surface area contributed by atoms with Crippen molar-refractivity contribution in [2.24, 2.45) is 0 Å². The third kappa shape index (κ3) is 1.89. The average Bonchev–Trinajstić information content (AvgIpc) is 2.30. The van der Waals surface area contributed by atoms with E-state index in [-0.39, 0.29) is 5.78 Å². The molecule has 1 rings (SSSR count). The summed E-state index contributed by atoms with van der Waals surface area (Å²) in [5.74, 6) is 0.478. The number of rotatable bonds is 3. The highest BCUT2D eigenvalue weighted by Crippen LogP contribution is 2.11. The molecular weight excluding hydrogens is 174 g/mol. The number of carbonyl (C=O) groups is 1. The Morgan fingerprint density at radius 2 is 2.25 bits per heavy atom. The van der Waals surface area contributed by atoms with Gasteiger partial charge in [0.25, 0.3) is 0 Å². The number of hydrogen-bond acceptors (Lipinski definition) is 1. The van der Waals surface area contributed by atoms with Crippen LogP contribution in [0.15, 0.2) is 6.07 Å². The number of ketones is 1. The van der Waals surface area contributed by atoms with Crippen LogP contribution in [-0.2, 0) is 0 Å². The Morgan fingerprint density at radius 1 is 1.58 bits per heavy atom. The molecule has 0 saturated heterocycles. The lowest BCUT2D eigenvalue weighted by Gasteiger charge is -1.95. The van der Waals surface area contributed by atoms with Crippen molar-refractivity contribution in [3.63, 3.8) is 0 Å². The van der Waals surface area contributed by atoms with Crippen LogP contribution >= 0.6 is 11.6 Å². The highest BCUT2D eigenvalue weighted by Gasteiger charge is 2.09. The van der Waals surface area contributed by atoms with Crippen molar-refractivity contribution >= 4 is 17.4 Å². The molecule has 1 heterocycles. The van der Waals surface area contributed by atoms with Crippen molar-refractivity contribution in [3.8, 4) is 0 Å². The number of aryl methyl sites for hydroxylation is 2. The first-order chi connectivity index (χ1) is 5.65. The van der Waals surface area contributed by atoms with Crippen LogP contribution in [0.2, 0.25) is 0 Å². The molecule has 0 amide bonds. The highest BCUT2D eigenvalue weighted by molar-refractivity contribution is 6.19. The molecule has 0 aliphatic carbocycles. The van der Waals surface area contributed by atoms with E-state index in [4.69, 9.17) is 11.6 Å². The number of carbonyl (C=O) groups excluding carboxylic acids is 1. The van der Waals surface area contributed by atoms with Crippen LogP contribution < -0.4 is 0 Å². The molecule has 2 nitrogen and oxygen atoms in total. The zero-order valence-electron chi connectivity index (χ0n) is 7.28. The van der Waals surface area contributed by atoms with Gasteiger partial charge in [0.15, 0.2) is 5.78 Å². The Balaban J connectivity index is 2.87. The van der Waals surface area contributed by atoms with E-state index in [0.717, 1.165) is 11.3 Å². The summed E-state index contributed by atoms with van der Waals surface area (Å²) >= 11 is 5.47. The van der Waals surface area contributed by atoms with Gasteiger partial charge in [-0.25, -0.2) is 0 Å². The van der Waals surface area contributed by atoms with Gasteiger partial charge in [0, 0.05) is 18.0 Å². The van der Waals surface area contributed by atoms with E-state index < -0.39 is 0 Å². The number of H-pyrrole nitrogens is 1. The van der Waals surface area contributed by atoms with Crippen LogP contribution in [0.4, 0.5) is 0 Å². The highest BCUT2D eigenvalue weighted by atomic mass is 35.5. The van der Waals surface area contributed by atoms with Gasteiger partial charge in [-0.1, -0.05) is 0 Å². The molecule has 0 fully saturated rings. The molecule has 12 heavy (non-hydrogen) atoms. The Bertz CT molecular complexity index is 291. The minimum Gasteiger partial charge on any atom is -0.356 e. The Labute approximate surface area is 76.9 Å². The molecule has 1 aromatic rings. The molecule has 66 valence electrons. The summed E-state index contributed by atoms with van der Waals surface area (Å²) in [5, 5.41) is 0. The predicted molar refractivity (Wildman–Crippen MR) is 49.9 cm³/mol. The maximum absolute atomic E-state index is 11.4. The SMILES string of the molecule is Cc1cc(C)c(C(=O)CCCl)[nH]1. The van der Waals surface area contributed by atoms with Gasteiger partial charge in [-0.05, 0) is 25.5 Å². The van der Waals surface area contributed by atoms with Crippen LogP contribution in [0.5, 0.6) is 0 Å². The molecule has 0 radical (unpaired) electrons. The van der Waals surface area contributed by atoms with E-state index in [1.807, 2.05) is 19.9 Å². The van der Waals surface area contributed by atoms with Crippen LogP contribution in [0, 0.1) is 13.8 Å². The number of hydrogen-bond donors (Lipinski definition) is 1. The lowest BCUT2D eigenvalue weighted by molar-refractivity contribution is 0.0984. The van der Waals surface area contributed by atoms with E-state index in [9.17, 15) is 4.79 Å². The predicted octanol–water partition coefficient (Wildman–Crippen LogP) is 2.44. The summed E-state index contributed by atoms with van der Waals surface area (Å²) in [5.41, 5.74) is 2.72. The smallest absolute Gasteiger partial charge is 0.180 e. The minimum atomic E-state index is 0.0931. The van der Waals surface area contributed by atoms with Gasteiger partial charge in [0.1, 0.15) is 0 Å². The van der Waals surface area contributed by atoms with E-state index >= 15 is 0 Å². The fraction of sp³-hybridized carbons (Fsp3) is 0.444. The normalized spacial score (nSPS) is 10.2. The Morgan fingerprint density at radius 3 is 2.67 bits per heavy atom. The molecule has 0 unspecified atom stereocenters. The first kappa shape index (κ1) is 9.33. The number of halogens is 1. The fourth-order valence-electron chi connectivity index (χ4n) is 1.23. The molecule has 1 aromatic heterocycles.